The maximum Gasteiger partial charge on any atom is 0.411 e. The summed E-state index contributed by atoms with van der Waals surface area (Å²) in [6.07, 6.45) is 1.90. The maximum absolute atomic E-state index is 11.7. The highest BCUT2D eigenvalue weighted by molar-refractivity contribution is 14.1. The summed E-state index contributed by atoms with van der Waals surface area (Å²) in [6, 6.07) is 0. The molecule has 0 unspecified atom stereocenters. The van der Waals surface area contributed by atoms with E-state index in [2.05, 4.69) is 4.74 Å². The second kappa shape index (κ2) is 10.1. The monoisotopic (exact) mass is 366 g/mol. The molecule has 0 bridgehead atoms. The van der Waals surface area contributed by atoms with E-state index in [1.54, 1.807) is 22.6 Å². The number of carbonyl (C=O) groups excluding carboxylic acids is 1. The lowest BCUT2D eigenvalue weighted by Gasteiger charge is -2.07. The van der Waals surface area contributed by atoms with Gasteiger partial charge in [-0.3, -0.25) is 4.79 Å². The molecular formula is C11H18F3IO2. The zero-order valence-corrected chi connectivity index (χ0v) is 11.8. The van der Waals surface area contributed by atoms with Gasteiger partial charge in [-0.25, -0.2) is 0 Å². The van der Waals surface area contributed by atoms with Crippen molar-refractivity contribution in [1.82, 2.24) is 0 Å². The predicted octanol–water partition coefficient (Wildman–Crippen LogP) is 4.26. The van der Waals surface area contributed by atoms with Crippen molar-refractivity contribution >= 4 is 26.4 Å². The van der Waals surface area contributed by atoms with Crippen LogP contribution < -0.4 is 0 Å². The molecule has 0 aliphatic heterocycles. The number of hydrogen-bond acceptors (Lipinski definition) is 2. The van der Waals surface area contributed by atoms with Crippen LogP contribution in [-0.2, 0) is 9.53 Å². The lowest BCUT2D eigenvalue weighted by atomic mass is 10.1. The van der Waals surface area contributed by atoms with Crippen molar-refractivity contribution in [2.75, 3.05) is 13.2 Å². The molecule has 0 aromatic carbocycles. The average Bonchev–Trinajstić information content (AvgIpc) is 2.18. The smallest absolute Gasteiger partial charge is 0.372 e. The molecule has 0 heterocycles. The van der Waals surface area contributed by atoms with Crippen LogP contribution in [0, 0.1) is 0 Å². The average molecular weight is 366 g/mol. The van der Waals surface area contributed by atoms with Crippen LogP contribution in [-0.4, -0.2) is 23.2 Å². The number of hydrogen-bond donors (Lipinski definition) is 0. The second-order valence-electron chi connectivity index (χ2n) is 3.89. The molecule has 0 amide bonds. The van der Waals surface area contributed by atoms with Gasteiger partial charge in [0.1, 0.15) is 6.61 Å². The third-order valence-corrected chi connectivity index (χ3v) is 2.72. The minimum Gasteiger partial charge on any atom is -0.372 e. The zero-order chi connectivity index (χ0) is 13.1. The van der Waals surface area contributed by atoms with Crippen molar-refractivity contribution in [3.63, 3.8) is 0 Å². The third-order valence-electron chi connectivity index (χ3n) is 2.18. The van der Waals surface area contributed by atoms with Gasteiger partial charge < -0.3 is 4.74 Å². The van der Waals surface area contributed by atoms with E-state index >= 15 is 0 Å². The Hall–Kier alpha value is 0.150. The van der Waals surface area contributed by atoms with Crippen molar-refractivity contribution in [2.45, 2.75) is 51.1 Å². The number of unbranched alkanes of at least 4 members (excludes halogenated alkanes) is 5. The highest BCUT2D eigenvalue weighted by Gasteiger charge is 2.26. The summed E-state index contributed by atoms with van der Waals surface area (Å²) in [5, 5.41) is 0. The van der Waals surface area contributed by atoms with Crippen LogP contribution in [0.3, 0.4) is 0 Å². The Morgan fingerprint density at radius 2 is 1.53 bits per heavy atom. The molecule has 0 saturated carbocycles. The van der Waals surface area contributed by atoms with Crippen LogP contribution in [0.25, 0.3) is 0 Å². The van der Waals surface area contributed by atoms with Crippen LogP contribution in [0.5, 0.6) is 0 Å². The SMILES string of the molecule is O=C(I)CCCCCCCCOCC(F)(F)F. The van der Waals surface area contributed by atoms with E-state index < -0.39 is 12.8 Å². The Labute approximate surface area is 113 Å². The topological polar surface area (TPSA) is 26.3 Å². The van der Waals surface area contributed by atoms with Gasteiger partial charge in [0, 0.05) is 13.0 Å². The van der Waals surface area contributed by atoms with Crippen LogP contribution in [0.15, 0.2) is 0 Å². The van der Waals surface area contributed by atoms with Gasteiger partial charge in [-0.05, 0) is 35.4 Å². The molecule has 0 atom stereocenters. The summed E-state index contributed by atoms with van der Waals surface area (Å²) in [5.41, 5.74) is 0. The van der Waals surface area contributed by atoms with Crippen molar-refractivity contribution in [1.29, 1.82) is 0 Å². The number of halogens is 4. The molecule has 0 aliphatic rings. The lowest BCUT2D eigenvalue weighted by Crippen LogP contribution is -2.17. The fourth-order valence-corrected chi connectivity index (χ4v) is 1.74. The van der Waals surface area contributed by atoms with E-state index in [1.807, 2.05) is 0 Å². The quantitative estimate of drug-likeness (QED) is 0.328. The van der Waals surface area contributed by atoms with Crippen LogP contribution >= 0.6 is 22.6 Å². The summed E-state index contributed by atoms with van der Waals surface area (Å²) in [7, 11) is 0. The van der Waals surface area contributed by atoms with E-state index in [0.29, 0.717) is 12.8 Å². The molecule has 6 heteroatoms. The Morgan fingerprint density at radius 1 is 1.00 bits per heavy atom. The fourth-order valence-electron chi connectivity index (χ4n) is 1.36. The molecule has 0 saturated heterocycles. The standard InChI is InChI=1S/C11H18F3IO2/c12-11(13,14)9-17-8-6-4-2-1-3-5-7-10(15)16/h1-9H2. The largest absolute Gasteiger partial charge is 0.411 e. The van der Waals surface area contributed by atoms with Gasteiger partial charge in [0.15, 0.2) is 3.79 Å². The minimum absolute atomic E-state index is 0.172. The molecule has 0 rings (SSSR count). The van der Waals surface area contributed by atoms with Gasteiger partial charge in [0.2, 0.25) is 0 Å². The molecular weight excluding hydrogens is 348 g/mol. The first kappa shape index (κ1) is 17.2. The minimum atomic E-state index is -4.22. The normalized spacial score (nSPS) is 11.8. The molecule has 0 radical (unpaired) electrons. The second-order valence-corrected chi connectivity index (χ2v) is 5.10. The van der Waals surface area contributed by atoms with Gasteiger partial charge in [-0.15, -0.1) is 0 Å². The van der Waals surface area contributed by atoms with Crippen LogP contribution in [0.1, 0.15) is 44.9 Å². The number of carbonyl (C=O) groups is 1. The van der Waals surface area contributed by atoms with Crippen molar-refractivity contribution in [3.8, 4) is 0 Å². The molecule has 0 fully saturated rings. The molecule has 17 heavy (non-hydrogen) atoms. The zero-order valence-electron chi connectivity index (χ0n) is 9.69. The Morgan fingerprint density at radius 3 is 2.06 bits per heavy atom. The lowest BCUT2D eigenvalue weighted by molar-refractivity contribution is -0.174. The summed E-state index contributed by atoms with van der Waals surface area (Å²) in [6.45, 7) is -0.976. The molecule has 2 nitrogen and oxygen atoms in total. The van der Waals surface area contributed by atoms with Crippen molar-refractivity contribution in [3.05, 3.63) is 0 Å². The Bertz CT molecular complexity index is 207. The predicted molar refractivity (Wildman–Crippen MR) is 68.2 cm³/mol. The van der Waals surface area contributed by atoms with E-state index in [-0.39, 0.29) is 10.4 Å². The molecule has 0 aliphatic carbocycles. The molecule has 102 valence electrons. The van der Waals surface area contributed by atoms with Gasteiger partial charge in [0.25, 0.3) is 0 Å². The van der Waals surface area contributed by atoms with Gasteiger partial charge in [-0.2, -0.15) is 13.2 Å². The van der Waals surface area contributed by atoms with Crippen LogP contribution in [0.2, 0.25) is 0 Å². The van der Waals surface area contributed by atoms with E-state index in [1.165, 1.54) is 0 Å². The van der Waals surface area contributed by atoms with Crippen molar-refractivity contribution < 1.29 is 22.7 Å². The first-order valence-electron chi connectivity index (χ1n) is 5.74. The van der Waals surface area contributed by atoms with Crippen LogP contribution in [0.4, 0.5) is 13.2 Å². The summed E-state index contributed by atoms with van der Waals surface area (Å²) >= 11 is 1.79. The number of rotatable bonds is 10. The highest BCUT2D eigenvalue weighted by atomic mass is 127. The van der Waals surface area contributed by atoms with E-state index in [0.717, 1.165) is 32.1 Å². The molecule has 0 aromatic rings. The number of alkyl halides is 3. The fraction of sp³-hybridized carbons (Fsp3) is 0.909. The summed E-state index contributed by atoms with van der Waals surface area (Å²) in [4.78, 5) is 10.6. The number of ether oxygens (including phenoxy) is 1. The molecule has 0 N–H and O–H groups in total. The van der Waals surface area contributed by atoms with Gasteiger partial charge >= 0.3 is 6.18 Å². The third kappa shape index (κ3) is 16.1. The van der Waals surface area contributed by atoms with Gasteiger partial charge in [0.05, 0.1) is 0 Å². The Kier molecular flexibility index (Phi) is 10.2. The first-order valence-corrected chi connectivity index (χ1v) is 6.82. The molecule has 0 spiro atoms. The van der Waals surface area contributed by atoms with Gasteiger partial charge in [-0.1, -0.05) is 25.7 Å². The van der Waals surface area contributed by atoms with Crippen molar-refractivity contribution in [2.24, 2.45) is 0 Å². The maximum atomic E-state index is 11.7. The Balaban J connectivity index is 3.06. The highest BCUT2D eigenvalue weighted by Crippen LogP contribution is 2.15. The van der Waals surface area contributed by atoms with E-state index in [9.17, 15) is 18.0 Å². The summed E-state index contributed by atoms with van der Waals surface area (Å²) in [5.74, 6) is 0. The molecule has 0 aromatic heterocycles. The van der Waals surface area contributed by atoms with E-state index in [4.69, 9.17) is 0 Å². The summed E-state index contributed by atoms with van der Waals surface area (Å²) < 4.78 is 39.7. The first-order chi connectivity index (χ1) is 7.92.